The molecule has 0 radical (unpaired) electrons. The van der Waals surface area contributed by atoms with Crippen LogP contribution in [0.4, 0.5) is 4.79 Å². The monoisotopic (exact) mass is 991 g/mol. The van der Waals surface area contributed by atoms with Crippen LogP contribution in [0.15, 0.2) is 85.3 Å². The zero-order valence-corrected chi connectivity index (χ0v) is 40.0. The van der Waals surface area contributed by atoms with Crippen LogP contribution in [-0.4, -0.2) is 95.3 Å². The van der Waals surface area contributed by atoms with Gasteiger partial charge in [-0.25, -0.2) is 14.4 Å². The predicted molar refractivity (Wildman–Crippen MR) is 262 cm³/mol. The molecule has 0 saturated heterocycles. The molecule has 3 fully saturated rings. The molecular weight excluding hydrogens is 943 g/mol. The van der Waals surface area contributed by atoms with Crippen LogP contribution >= 0.6 is 34.0 Å². The Morgan fingerprint density at radius 2 is 1.07 bits per heavy atom. The van der Waals surface area contributed by atoms with Crippen LogP contribution in [0.2, 0.25) is 0 Å². The van der Waals surface area contributed by atoms with E-state index in [0.29, 0.717) is 32.4 Å². The molecule has 3 aliphatic carbocycles. The predicted octanol–water partition coefficient (Wildman–Crippen LogP) is 7.65. The highest BCUT2D eigenvalue weighted by Gasteiger charge is 2.30. The normalized spacial score (nSPS) is 14.8. The lowest BCUT2D eigenvalue weighted by molar-refractivity contribution is -0.143. The summed E-state index contributed by atoms with van der Waals surface area (Å²) < 4.78 is 17.6. The van der Waals surface area contributed by atoms with Gasteiger partial charge >= 0.3 is 24.0 Å². The lowest BCUT2D eigenvalue weighted by Crippen LogP contribution is -2.49. The molecule has 0 spiro atoms. The Bertz CT molecular complexity index is 3020. The van der Waals surface area contributed by atoms with E-state index < -0.39 is 36.1 Å². The van der Waals surface area contributed by atoms with E-state index in [-0.39, 0.29) is 31.5 Å². The Hall–Kier alpha value is -6.87. The number of ether oxygens (including phenoxy) is 3. The Kier molecular flexibility index (Phi) is 15.5. The van der Waals surface area contributed by atoms with Gasteiger partial charge in [0.2, 0.25) is 0 Å². The number of carbonyl (C=O) groups excluding carboxylic acids is 5. The number of hydrogen-bond acceptors (Lipinski definition) is 16. The van der Waals surface area contributed by atoms with Crippen molar-refractivity contribution < 1.29 is 48.1 Å². The second-order valence-electron chi connectivity index (χ2n) is 16.6. The van der Waals surface area contributed by atoms with E-state index in [1.54, 1.807) is 36.8 Å². The molecule has 1 aromatic carbocycles. The summed E-state index contributed by atoms with van der Waals surface area (Å²) in [7, 11) is 2.48. The average Bonchev–Trinajstić information content (AvgIpc) is 4.33. The highest BCUT2D eigenvalue weighted by Crippen LogP contribution is 2.46. The number of amides is 3. The Balaban J connectivity index is 0.000000150. The molecule has 0 bridgehead atoms. The molecule has 3 amide bonds. The molecule has 6 N–H and O–H groups in total. The summed E-state index contributed by atoms with van der Waals surface area (Å²) >= 11 is 4.16. The molecule has 69 heavy (non-hydrogen) atoms. The van der Waals surface area contributed by atoms with Crippen LogP contribution in [0.5, 0.6) is 0 Å². The minimum atomic E-state index is -1.08. The van der Waals surface area contributed by atoms with Crippen molar-refractivity contribution in [2.45, 2.75) is 75.0 Å². The number of carboxylic acids is 1. The number of nitrogens with one attached hydrogen (secondary N) is 3. The van der Waals surface area contributed by atoms with Crippen LogP contribution in [-0.2, 0) is 30.4 Å². The first-order valence-electron chi connectivity index (χ1n) is 22.2. The van der Waals surface area contributed by atoms with Crippen molar-refractivity contribution in [3.8, 4) is 0 Å². The fraction of sp³-hybridized carbons (Fsp3) is 0.327. The summed E-state index contributed by atoms with van der Waals surface area (Å²) in [6, 6.07) is 18.5. The number of nitrogens with zero attached hydrogens (tertiary/aromatic N) is 3. The summed E-state index contributed by atoms with van der Waals surface area (Å²) in [6.45, 7) is -0.0310. The molecule has 10 rings (SSSR count). The molecule has 3 saturated carbocycles. The van der Waals surface area contributed by atoms with Gasteiger partial charge in [-0.05, 0) is 115 Å². The van der Waals surface area contributed by atoms with Crippen molar-refractivity contribution in [3.05, 3.63) is 122 Å². The summed E-state index contributed by atoms with van der Waals surface area (Å²) in [5.41, 5.74) is 12.7. The molecule has 358 valence electrons. The Morgan fingerprint density at radius 1 is 0.638 bits per heavy atom. The molecule has 3 aliphatic rings. The quantitative estimate of drug-likeness (QED) is 0.0489. The number of pyridine rings is 3. The first kappa shape index (κ1) is 48.6. The molecule has 20 heteroatoms. The number of rotatable bonds is 15. The zero-order valence-electron chi connectivity index (χ0n) is 37.6. The van der Waals surface area contributed by atoms with E-state index >= 15 is 0 Å². The molecule has 2 atom stereocenters. The van der Waals surface area contributed by atoms with Gasteiger partial charge in [0.1, 0.15) is 23.6 Å². The number of fused-ring (bicyclic) bond motifs is 3. The fourth-order valence-corrected chi connectivity index (χ4v) is 10.7. The van der Waals surface area contributed by atoms with Gasteiger partial charge in [-0.1, -0.05) is 30.3 Å². The van der Waals surface area contributed by atoms with Crippen LogP contribution in [0, 0.1) is 0 Å². The Labute approximate surface area is 407 Å². The Morgan fingerprint density at radius 3 is 1.51 bits per heavy atom. The van der Waals surface area contributed by atoms with Crippen molar-refractivity contribution in [2.75, 3.05) is 27.3 Å². The van der Waals surface area contributed by atoms with E-state index in [9.17, 15) is 28.8 Å². The minimum absolute atomic E-state index is 0.0443. The molecule has 0 unspecified atom stereocenters. The topological polar surface area (TPSA) is 251 Å². The second-order valence-corrected chi connectivity index (χ2v) is 19.8. The largest absolute Gasteiger partial charge is 0.477 e. The number of aromatic nitrogens is 3. The van der Waals surface area contributed by atoms with Gasteiger partial charge in [0.05, 0.1) is 54.6 Å². The lowest BCUT2D eigenvalue weighted by atomic mass is 10.1. The van der Waals surface area contributed by atoms with Gasteiger partial charge in [0.25, 0.3) is 11.8 Å². The molecule has 6 aromatic heterocycles. The van der Waals surface area contributed by atoms with Gasteiger partial charge in [0.15, 0.2) is 0 Å². The smallest absolute Gasteiger partial charge is 0.408 e. The van der Waals surface area contributed by atoms with Crippen molar-refractivity contribution >= 4 is 100 Å². The van der Waals surface area contributed by atoms with E-state index in [0.717, 1.165) is 49.1 Å². The highest BCUT2D eigenvalue weighted by molar-refractivity contribution is 7.21. The number of benzene rings is 1. The van der Waals surface area contributed by atoms with Gasteiger partial charge in [-0.15, -0.1) is 34.0 Å². The third-order valence-electron chi connectivity index (χ3n) is 11.5. The van der Waals surface area contributed by atoms with E-state index in [2.05, 4.69) is 35.6 Å². The van der Waals surface area contributed by atoms with E-state index in [1.165, 1.54) is 90.6 Å². The zero-order chi connectivity index (χ0) is 48.6. The number of methoxy groups -OCH3 is 2. The summed E-state index contributed by atoms with van der Waals surface area (Å²) in [5.74, 6) is -0.897. The number of aromatic carboxylic acids is 1. The fourth-order valence-electron chi connectivity index (χ4n) is 7.40. The summed E-state index contributed by atoms with van der Waals surface area (Å²) in [6.07, 6.45) is 11.7. The SMILES string of the molecule is COC(=O)[C@@H](CNC(=O)c1cc2nccc(C3CC3)c2s1)NC(=O)OCc1ccccc1.COC(=O)[C@H](N)CNC(=O)c1cc2nccc(C3CC3)c2s1.O=C(O)c1cc2nccc(C3CC3)c2s1. The van der Waals surface area contributed by atoms with Crippen molar-refractivity contribution in [1.29, 1.82) is 0 Å². The second kappa shape index (κ2) is 22.0. The number of nitrogens with two attached hydrogens (primary N) is 1. The first-order valence-corrected chi connectivity index (χ1v) is 24.7. The number of thiophene rings is 3. The number of hydrogen-bond donors (Lipinski definition) is 5. The van der Waals surface area contributed by atoms with Crippen molar-refractivity contribution in [2.24, 2.45) is 5.73 Å². The lowest BCUT2D eigenvalue weighted by Gasteiger charge is -2.17. The average molecular weight is 992 g/mol. The van der Waals surface area contributed by atoms with Crippen molar-refractivity contribution in [3.63, 3.8) is 0 Å². The van der Waals surface area contributed by atoms with E-state index in [4.69, 9.17) is 20.3 Å². The summed E-state index contributed by atoms with van der Waals surface area (Å²) in [4.78, 5) is 85.5. The van der Waals surface area contributed by atoms with Crippen LogP contribution in [0.25, 0.3) is 30.6 Å². The van der Waals surface area contributed by atoms with Crippen molar-refractivity contribution in [1.82, 2.24) is 30.9 Å². The number of carboxylic acid groups (broad SMARTS) is 1. The maximum absolute atomic E-state index is 12.7. The molecule has 6 heterocycles. The van der Waals surface area contributed by atoms with Crippen LogP contribution < -0.4 is 21.7 Å². The molecule has 7 aromatic rings. The van der Waals surface area contributed by atoms with Gasteiger partial charge in [0, 0.05) is 31.7 Å². The molecule has 0 aliphatic heterocycles. The standard InChI is InChI=1S/C23H23N3O5S.C15H17N3O3S.C11H9NO2S/c1-30-22(28)18(26-23(29)31-13-14-5-3-2-4-6-14)12-25-21(27)19-11-17-20(32-19)16(9-10-24-17)15-7-8-15;1-21-15(20)10(16)7-18-14(19)12-6-11-13(22-12)9(4-5-17-11)8-2-3-8;13-11(14)9-5-8-10(15-9)7(3-4-12-8)6-1-2-6/h2-6,9-11,15,18H,7-8,12-13H2,1H3,(H,25,27)(H,26,29);4-6,8,10H,2-3,7,16H2,1H3,(H,18,19);3-6H,1-2H2,(H,13,14)/t18-;10-;/m11./s1. The highest BCUT2D eigenvalue weighted by atomic mass is 32.1. The van der Waals surface area contributed by atoms with Crippen LogP contribution in [0.3, 0.4) is 0 Å². The van der Waals surface area contributed by atoms with Gasteiger partial charge in [-0.2, -0.15) is 0 Å². The first-order chi connectivity index (χ1) is 33.4. The number of carbonyl (C=O) groups is 6. The maximum atomic E-state index is 12.7. The van der Waals surface area contributed by atoms with Gasteiger partial charge < -0.3 is 41.0 Å². The third-order valence-corrected chi connectivity index (χ3v) is 15.0. The maximum Gasteiger partial charge on any atom is 0.408 e. The minimum Gasteiger partial charge on any atom is -0.477 e. The molecular formula is C49H49N7O10S3. The van der Waals surface area contributed by atoms with Crippen LogP contribution in [0.1, 0.15) is 108 Å². The number of esters is 2. The van der Waals surface area contributed by atoms with E-state index in [1.807, 2.05) is 48.5 Å². The third kappa shape index (κ3) is 12.4. The summed E-state index contributed by atoms with van der Waals surface area (Å²) in [5, 5.41) is 16.7. The number of alkyl carbamates (subject to hydrolysis) is 1. The molecule has 17 nitrogen and oxygen atoms in total. The van der Waals surface area contributed by atoms with Gasteiger partial charge in [-0.3, -0.25) is 29.3 Å².